The van der Waals surface area contributed by atoms with E-state index in [0.717, 1.165) is 28.7 Å². The van der Waals surface area contributed by atoms with Gasteiger partial charge in [0.25, 0.3) is 0 Å². The molecule has 1 aromatic carbocycles. The van der Waals surface area contributed by atoms with Crippen LogP contribution in [0.1, 0.15) is 37.2 Å². The van der Waals surface area contributed by atoms with Gasteiger partial charge in [-0.3, -0.25) is 9.38 Å². The molecule has 0 saturated heterocycles. The van der Waals surface area contributed by atoms with Gasteiger partial charge >= 0.3 is 0 Å². The molecule has 24 heavy (non-hydrogen) atoms. The Morgan fingerprint density at radius 2 is 1.92 bits per heavy atom. The van der Waals surface area contributed by atoms with Gasteiger partial charge < -0.3 is 0 Å². The number of hydrogen-bond acceptors (Lipinski definition) is 2. The van der Waals surface area contributed by atoms with E-state index in [1.807, 2.05) is 6.92 Å². The summed E-state index contributed by atoms with van der Waals surface area (Å²) in [5, 5.41) is 2.38. The van der Waals surface area contributed by atoms with E-state index < -0.39 is 0 Å². The third-order valence-corrected chi connectivity index (χ3v) is 5.02. The molecule has 1 unspecified atom stereocenters. The molecule has 3 heteroatoms. The normalized spacial score (nSPS) is 13.2. The molecule has 0 aliphatic carbocycles. The fourth-order valence-corrected chi connectivity index (χ4v) is 3.52. The van der Waals surface area contributed by atoms with E-state index in [1.165, 1.54) is 28.6 Å². The third kappa shape index (κ3) is 2.27. The predicted molar refractivity (Wildman–Crippen MR) is 101 cm³/mol. The minimum Gasteiger partial charge on any atom is -0.299 e. The van der Waals surface area contributed by atoms with E-state index >= 15 is 0 Å². The highest BCUT2D eigenvalue weighted by Gasteiger charge is 2.14. The predicted octanol–water partition coefficient (Wildman–Crippen LogP) is 5.24. The van der Waals surface area contributed by atoms with Crippen molar-refractivity contribution < 1.29 is 0 Å². The molecule has 1 atom stereocenters. The van der Waals surface area contributed by atoms with Crippen LogP contribution in [-0.2, 0) is 6.42 Å². The van der Waals surface area contributed by atoms with Gasteiger partial charge in [-0.1, -0.05) is 32.4 Å². The first kappa shape index (κ1) is 15.1. The summed E-state index contributed by atoms with van der Waals surface area (Å²) in [7, 11) is 0. The molecule has 0 N–H and O–H groups in total. The highest BCUT2D eigenvalue weighted by Crippen LogP contribution is 2.31. The molecular formula is C21H23N3. The Hall–Kier alpha value is -2.42. The lowest BCUT2D eigenvalue weighted by atomic mass is 10.0. The van der Waals surface area contributed by atoms with E-state index in [9.17, 15) is 0 Å². The van der Waals surface area contributed by atoms with Gasteiger partial charge in [-0.25, -0.2) is 4.98 Å². The maximum atomic E-state index is 5.06. The molecule has 0 saturated carbocycles. The standard InChI is InChI=1S/C21H23N3/c1-5-13(2)11-16-9-10-17-20(23-16)19-14(3)7-6-8-18(19)24-12-15(4)22-21(17)24/h6-10,12-13H,5,11H2,1-4H3. The molecule has 122 valence electrons. The summed E-state index contributed by atoms with van der Waals surface area (Å²) in [6.07, 6.45) is 4.32. The molecule has 4 aromatic rings. The Morgan fingerprint density at radius 3 is 2.71 bits per heavy atom. The van der Waals surface area contributed by atoms with E-state index in [4.69, 9.17) is 9.97 Å². The molecule has 3 aromatic heterocycles. The van der Waals surface area contributed by atoms with E-state index in [2.05, 4.69) is 61.7 Å². The van der Waals surface area contributed by atoms with Crippen LogP contribution in [-0.4, -0.2) is 14.4 Å². The van der Waals surface area contributed by atoms with Crippen LogP contribution in [0.25, 0.3) is 27.5 Å². The van der Waals surface area contributed by atoms with E-state index in [0.29, 0.717) is 5.92 Å². The molecule has 0 radical (unpaired) electrons. The van der Waals surface area contributed by atoms with Crippen LogP contribution in [0.3, 0.4) is 0 Å². The Balaban J connectivity index is 2.12. The number of benzene rings is 1. The maximum absolute atomic E-state index is 5.06. The van der Waals surface area contributed by atoms with Gasteiger partial charge in [0.2, 0.25) is 0 Å². The molecule has 0 aliphatic rings. The van der Waals surface area contributed by atoms with Gasteiger partial charge in [0.15, 0.2) is 0 Å². The first-order chi connectivity index (χ1) is 11.6. The molecular weight excluding hydrogens is 294 g/mol. The highest BCUT2D eigenvalue weighted by atomic mass is 15.0. The third-order valence-electron chi connectivity index (χ3n) is 5.02. The van der Waals surface area contributed by atoms with Crippen LogP contribution in [0.15, 0.2) is 36.5 Å². The van der Waals surface area contributed by atoms with Crippen molar-refractivity contribution in [3.8, 4) is 0 Å². The lowest BCUT2D eigenvalue weighted by molar-refractivity contribution is 0.553. The fraction of sp³-hybridized carbons (Fsp3) is 0.333. The number of fused-ring (bicyclic) bond motifs is 6. The van der Waals surface area contributed by atoms with Gasteiger partial charge in [0, 0.05) is 22.7 Å². The Labute approximate surface area is 142 Å². The molecule has 3 nitrogen and oxygen atoms in total. The Morgan fingerprint density at radius 1 is 1.08 bits per heavy atom. The quantitative estimate of drug-likeness (QED) is 0.484. The monoisotopic (exact) mass is 317 g/mol. The fourth-order valence-electron chi connectivity index (χ4n) is 3.52. The van der Waals surface area contributed by atoms with Gasteiger partial charge in [0.1, 0.15) is 5.65 Å². The SMILES string of the molecule is CCC(C)Cc1ccc2c(n1)c1c(C)cccc1n1cc(C)nc21. The summed E-state index contributed by atoms with van der Waals surface area (Å²) in [5.41, 5.74) is 6.75. The van der Waals surface area contributed by atoms with Gasteiger partial charge in [-0.2, -0.15) is 0 Å². The van der Waals surface area contributed by atoms with Crippen molar-refractivity contribution in [2.45, 2.75) is 40.5 Å². The minimum absolute atomic E-state index is 0.653. The second-order valence-electron chi connectivity index (χ2n) is 6.96. The van der Waals surface area contributed by atoms with Crippen LogP contribution >= 0.6 is 0 Å². The summed E-state index contributed by atoms with van der Waals surface area (Å²) >= 11 is 0. The molecule has 0 fully saturated rings. The Kier molecular flexibility index (Phi) is 3.52. The van der Waals surface area contributed by atoms with Crippen molar-refractivity contribution in [2.24, 2.45) is 5.92 Å². The van der Waals surface area contributed by atoms with Gasteiger partial charge in [0.05, 0.1) is 16.7 Å². The maximum Gasteiger partial charge on any atom is 0.147 e. The Bertz CT molecular complexity index is 1060. The number of aromatic nitrogens is 3. The van der Waals surface area contributed by atoms with Crippen molar-refractivity contribution in [3.05, 3.63) is 53.5 Å². The van der Waals surface area contributed by atoms with Crippen LogP contribution < -0.4 is 0 Å². The topological polar surface area (TPSA) is 30.2 Å². The van der Waals surface area contributed by atoms with Gasteiger partial charge in [-0.05, 0) is 49.9 Å². The molecule has 0 bridgehead atoms. The molecule has 0 amide bonds. The smallest absolute Gasteiger partial charge is 0.147 e. The van der Waals surface area contributed by atoms with Crippen LogP contribution in [0.4, 0.5) is 0 Å². The first-order valence-electron chi connectivity index (χ1n) is 8.75. The van der Waals surface area contributed by atoms with Crippen molar-refractivity contribution in [3.63, 3.8) is 0 Å². The number of nitrogens with zero attached hydrogens (tertiary/aromatic N) is 3. The number of pyridine rings is 2. The first-order valence-corrected chi connectivity index (χ1v) is 8.75. The summed E-state index contributed by atoms with van der Waals surface area (Å²) in [6.45, 7) is 8.74. The number of hydrogen-bond donors (Lipinski definition) is 0. The highest BCUT2D eigenvalue weighted by molar-refractivity contribution is 6.10. The van der Waals surface area contributed by atoms with Crippen molar-refractivity contribution in [1.82, 2.24) is 14.4 Å². The van der Waals surface area contributed by atoms with Crippen LogP contribution in [0.2, 0.25) is 0 Å². The van der Waals surface area contributed by atoms with Crippen LogP contribution in [0.5, 0.6) is 0 Å². The molecule has 3 heterocycles. The van der Waals surface area contributed by atoms with Gasteiger partial charge in [-0.15, -0.1) is 0 Å². The van der Waals surface area contributed by atoms with Crippen molar-refractivity contribution in [1.29, 1.82) is 0 Å². The molecule has 4 rings (SSSR count). The average molecular weight is 317 g/mol. The number of aryl methyl sites for hydroxylation is 2. The van der Waals surface area contributed by atoms with Crippen LogP contribution in [0, 0.1) is 19.8 Å². The number of imidazole rings is 1. The minimum atomic E-state index is 0.653. The second kappa shape index (κ2) is 5.59. The summed E-state index contributed by atoms with van der Waals surface area (Å²) < 4.78 is 2.20. The van der Waals surface area contributed by atoms with Crippen molar-refractivity contribution >= 4 is 27.5 Å². The summed E-state index contributed by atoms with van der Waals surface area (Å²) in [6, 6.07) is 10.8. The average Bonchev–Trinajstić information content (AvgIpc) is 2.96. The van der Waals surface area contributed by atoms with Crippen molar-refractivity contribution in [2.75, 3.05) is 0 Å². The molecule has 0 spiro atoms. The number of rotatable bonds is 3. The lowest BCUT2D eigenvalue weighted by Crippen LogP contribution is -2.01. The zero-order valence-corrected chi connectivity index (χ0v) is 14.8. The van der Waals surface area contributed by atoms with E-state index in [1.54, 1.807) is 0 Å². The summed E-state index contributed by atoms with van der Waals surface area (Å²) in [4.78, 5) is 9.81. The lowest BCUT2D eigenvalue weighted by Gasteiger charge is -2.12. The zero-order chi connectivity index (χ0) is 16.8. The van der Waals surface area contributed by atoms with E-state index in [-0.39, 0.29) is 0 Å². The molecule has 0 aliphatic heterocycles. The second-order valence-corrected chi connectivity index (χ2v) is 6.96. The largest absolute Gasteiger partial charge is 0.299 e. The zero-order valence-electron chi connectivity index (χ0n) is 14.8. The summed E-state index contributed by atoms with van der Waals surface area (Å²) in [5.74, 6) is 0.653.